The van der Waals surface area contributed by atoms with E-state index in [0.29, 0.717) is 6.42 Å². The number of H-pyrrole nitrogens is 1. The van der Waals surface area contributed by atoms with Gasteiger partial charge in [0, 0.05) is 34.0 Å². The maximum absolute atomic E-state index is 12.2. The number of alkyl carbamates (subject to hydrolysis) is 1. The number of methoxy groups -OCH3 is 1. The SMILES string of the molecule is COc1ccc(Cc2nc3c(c4c2[nH]c2ccccc24)C2OC(=O)NC2C(C)(C)C3)cc1. The van der Waals surface area contributed by atoms with Crippen molar-refractivity contribution in [3.8, 4) is 5.75 Å². The van der Waals surface area contributed by atoms with Crippen molar-refractivity contribution in [3.63, 3.8) is 0 Å². The molecule has 1 aliphatic heterocycles. The number of carbonyl (C=O) groups excluding carboxylic acids is 1. The van der Waals surface area contributed by atoms with Gasteiger partial charge in [-0.15, -0.1) is 0 Å². The number of pyridine rings is 1. The molecule has 2 N–H and O–H groups in total. The summed E-state index contributed by atoms with van der Waals surface area (Å²) in [4.78, 5) is 21.0. The second-order valence-corrected chi connectivity index (χ2v) is 9.48. The van der Waals surface area contributed by atoms with Crippen molar-refractivity contribution >= 4 is 27.9 Å². The highest BCUT2D eigenvalue weighted by Gasteiger charge is 2.50. The van der Waals surface area contributed by atoms with Gasteiger partial charge in [-0.05, 0) is 35.6 Å². The smallest absolute Gasteiger partial charge is 0.408 e. The van der Waals surface area contributed by atoms with Crippen LogP contribution in [0.25, 0.3) is 21.8 Å². The average Bonchev–Trinajstić information content (AvgIpc) is 3.36. The summed E-state index contributed by atoms with van der Waals surface area (Å²) >= 11 is 0. The van der Waals surface area contributed by atoms with Gasteiger partial charge in [0.25, 0.3) is 0 Å². The molecule has 32 heavy (non-hydrogen) atoms. The number of nitrogens with zero attached hydrogens (tertiary/aromatic N) is 1. The van der Waals surface area contributed by atoms with Crippen LogP contribution in [0.5, 0.6) is 5.75 Å². The minimum Gasteiger partial charge on any atom is -0.497 e. The minimum atomic E-state index is -0.351. The van der Waals surface area contributed by atoms with Crippen LogP contribution in [0.3, 0.4) is 0 Å². The van der Waals surface area contributed by atoms with Crippen LogP contribution >= 0.6 is 0 Å². The molecule has 2 aromatic carbocycles. The molecular formula is C26H25N3O3. The fourth-order valence-corrected chi connectivity index (χ4v) is 5.36. The van der Waals surface area contributed by atoms with Crippen LogP contribution < -0.4 is 10.1 Å². The quantitative estimate of drug-likeness (QED) is 0.480. The Balaban J connectivity index is 1.60. The largest absolute Gasteiger partial charge is 0.497 e. The van der Waals surface area contributed by atoms with Crippen molar-refractivity contribution in [3.05, 3.63) is 71.0 Å². The molecule has 6 heteroatoms. The lowest BCUT2D eigenvalue weighted by Crippen LogP contribution is -2.46. The molecule has 2 atom stereocenters. The molecular weight excluding hydrogens is 402 g/mol. The number of aromatic nitrogens is 2. The summed E-state index contributed by atoms with van der Waals surface area (Å²) in [6.07, 6.45) is 0.785. The summed E-state index contributed by atoms with van der Waals surface area (Å²) in [5.74, 6) is 0.839. The third-order valence-electron chi connectivity index (χ3n) is 6.94. The van der Waals surface area contributed by atoms with E-state index in [1.807, 2.05) is 18.2 Å². The first-order chi connectivity index (χ1) is 15.4. The highest BCUT2D eigenvalue weighted by atomic mass is 16.6. The van der Waals surface area contributed by atoms with Crippen molar-refractivity contribution in [2.45, 2.75) is 38.8 Å². The van der Waals surface area contributed by atoms with Gasteiger partial charge in [-0.2, -0.15) is 0 Å². The molecule has 1 saturated heterocycles. The number of carbonyl (C=O) groups is 1. The summed E-state index contributed by atoms with van der Waals surface area (Å²) in [6.45, 7) is 4.35. The summed E-state index contributed by atoms with van der Waals surface area (Å²) in [5.41, 5.74) is 6.15. The number of amides is 1. The van der Waals surface area contributed by atoms with Gasteiger partial charge in [0.15, 0.2) is 6.10 Å². The van der Waals surface area contributed by atoms with Crippen LogP contribution in [0, 0.1) is 5.41 Å². The van der Waals surface area contributed by atoms with E-state index in [0.717, 1.165) is 50.9 Å². The molecule has 0 radical (unpaired) electrons. The number of rotatable bonds is 3. The first kappa shape index (κ1) is 19.2. The fourth-order valence-electron chi connectivity index (χ4n) is 5.36. The lowest BCUT2D eigenvalue weighted by molar-refractivity contribution is 0.0947. The van der Waals surface area contributed by atoms with E-state index >= 15 is 0 Å². The number of fused-ring (bicyclic) bond motifs is 7. The predicted molar refractivity (Wildman–Crippen MR) is 123 cm³/mol. The third kappa shape index (κ3) is 2.79. The zero-order valence-electron chi connectivity index (χ0n) is 18.4. The number of hydrogen-bond acceptors (Lipinski definition) is 4. The normalized spacial score (nSPS) is 21.2. The van der Waals surface area contributed by atoms with E-state index in [9.17, 15) is 4.79 Å². The van der Waals surface area contributed by atoms with Gasteiger partial charge in [0.1, 0.15) is 5.75 Å². The van der Waals surface area contributed by atoms with Crippen LogP contribution in [-0.2, 0) is 17.6 Å². The van der Waals surface area contributed by atoms with Gasteiger partial charge < -0.3 is 19.8 Å². The molecule has 2 aromatic heterocycles. The van der Waals surface area contributed by atoms with Crippen LogP contribution in [0.4, 0.5) is 4.79 Å². The molecule has 1 amide bonds. The van der Waals surface area contributed by atoms with E-state index < -0.39 is 0 Å². The Morgan fingerprint density at radius 2 is 1.94 bits per heavy atom. The molecule has 4 aromatic rings. The molecule has 3 heterocycles. The van der Waals surface area contributed by atoms with Gasteiger partial charge in [-0.3, -0.25) is 4.98 Å². The van der Waals surface area contributed by atoms with Crippen molar-refractivity contribution < 1.29 is 14.3 Å². The van der Waals surface area contributed by atoms with Crippen molar-refractivity contribution in [1.82, 2.24) is 15.3 Å². The third-order valence-corrected chi connectivity index (χ3v) is 6.94. The summed E-state index contributed by atoms with van der Waals surface area (Å²) < 4.78 is 11.1. The molecule has 0 spiro atoms. The van der Waals surface area contributed by atoms with E-state index in [1.54, 1.807) is 7.11 Å². The summed E-state index contributed by atoms with van der Waals surface area (Å²) in [5, 5.41) is 5.31. The average molecular weight is 428 g/mol. The van der Waals surface area contributed by atoms with Crippen LogP contribution in [-0.4, -0.2) is 29.2 Å². The Morgan fingerprint density at radius 1 is 1.16 bits per heavy atom. The van der Waals surface area contributed by atoms with Gasteiger partial charge in [-0.25, -0.2) is 4.79 Å². The van der Waals surface area contributed by atoms with E-state index in [2.05, 4.69) is 54.5 Å². The Bertz CT molecular complexity index is 1370. The number of benzene rings is 2. The lowest BCUT2D eigenvalue weighted by atomic mass is 9.70. The van der Waals surface area contributed by atoms with E-state index in [1.165, 1.54) is 5.56 Å². The zero-order chi connectivity index (χ0) is 22.0. The molecule has 2 aliphatic rings. The van der Waals surface area contributed by atoms with Crippen molar-refractivity contribution in [2.75, 3.05) is 7.11 Å². The number of hydrogen-bond donors (Lipinski definition) is 2. The first-order valence-electron chi connectivity index (χ1n) is 11.0. The van der Waals surface area contributed by atoms with Gasteiger partial charge in [-0.1, -0.05) is 44.2 Å². The zero-order valence-corrected chi connectivity index (χ0v) is 18.4. The molecule has 2 unspecified atom stereocenters. The Kier molecular flexibility index (Phi) is 4.03. The highest BCUT2D eigenvalue weighted by Crippen LogP contribution is 2.48. The molecule has 162 valence electrons. The fraction of sp³-hybridized carbons (Fsp3) is 0.308. The van der Waals surface area contributed by atoms with Crippen molar-refractivity contribution in [2.24, 2.45) is 5.41 Å². The number of para-hydroxylation sites is 1. The van der Waals surface area contributed by atoms with Gasteiger partial charge >= 0.3 is 6.09 Å². The minimum absolute atomic E-state index is 0.0754. The maximum atomic E-state index is 12.2. The molecule has 6 rings (SSSR count). The summed E-state index contributed by atoms with van der Waals surface area (Å²) in [7, 11) is 1.67. The number of ether oxygens (including phenoxy) is 2. The number of aromatic amines is 1. The Morgan fingerprint density at radius 3 is 2.72 bits per heavy atom. The van der Waals surface area contributed by atoms with Crippen molar-refractivity contribution in [1.29, 1.82) is 0 Å². The van der Waals surface area contributed by atoms with Crippen LogP contribution in [0.2, 0.25) is 0 Å². The molecule has 1 aliphatic carbocycles. The van der Waals surface area contributed by atoms with Gasteiger partial charge in [0.2, 0.25) is 0 Å². The lowest BCUT2D eigenvalue weighted by Gasteiger charge is -2.39. The second kappa shape index (κ2) is 6.73. The van der Waals surface area contributed by atoms with Crippen LogP contribution in [0.1, 0.15) is 42.5 Å². The van der Waals surface area contributed by atoms with E-state index in [4.69, 9.17) is 14.5 Å². The molecule has 6 nitrogen and oxygen atoms in total. The first-order valence-corrected chi connectivity index (χ1v) is 11.0. The maximum Gasteiger partial charge on any atom is 0.408 e. The Hall–Kier alpha value is -3.54. The molecule has 1 fully saturated rings. The molecule has 0 bridgehead atoms. The topological polar surface area (TPSA) is 76.2 Å². The van der Waals surface area contributed by atoms with E-state index in [-0.39, 0.29) is 23.7 Å². The van der Waals surface area contributed by atoms with Gasteiger partial charge in [0.05, 0.1) is 24.4 Å². The number of nitrogens with one attached hydrogen (secondary N) is 2. The Labute approximate surface area is 185 Å². The van der Waals surface area contributed by atoms with Crippen LogP contribution in [0.15, 0.2) is 48.5 Å². The molecule has 0 saturated carbocycles. The predicted octanol–water partition coefficient (Wildman–Crippen LogP) is 5.05. The standard InChI is InChI=1S/C26H25N3O3/c1-26(2)13-19-21(23-24(26)29-25(30)32-23)20-16-6-4-5-7-17(16)28-22(20)18(27-19)12-14-8-10-15(31-3)11-9-14/h4-11,23-24,28H,12-13H2,1-3H3,(H,29,30). The monoisotopic (exact) mass is 427 g/mol. The second-order valence-electron chi connectivity index (χ2n) is 9.48. The summed E-state index contributed by atoms with van der Waals surface area (Å²) in [6, 6.07) is 16.3. The highest BCUT2D eigenvalue weighted by molar-refractivity contribution is 6.10.